The van der Waals surface area contributed by atoms with Gasteiger partial charge in [0.2, 0.25) is 5.96 Å². The fourth-order valence-corrected chi connectivity index (χ4v) is 4.35. The van der Waals surface area contributed by atoms with Gasteiger partial charge in [-0.2, -0.15) is 10.5 Å². The molecule has 3 rings (SSSR count). The molecule has 6 N–H and O–H groups in total. The number of nitrogens with zero attached hydrogens (tertiary/aromatic N) is 4. The lowest BCUT2D eigenvalue weighted by Gasteiger charge is -2.26. The Morgan fingerprint density at radius 3 is 2.22 bits per heavy atom. The third kappa shape index (κ3) is 7.02. The third-order valence-corrected chi connectivity index (χ3v) is 6.32. The molecular formula is C27H36N8O. The van der Waals surface area contributed by atoms with Gasteiger partial charge >= 0.3 is 0 Å². The number of rotatable bonds is 13. The molecule has 36 heavy (non-hydrogen) atoms. The van der Waals surface area contributed by atoms with Gasteiger partial charge in [0, 0.05) is 5.56 Å². The molecule has 0 fully saturated rings. The summed E-state index contributed by atoms with van der Waals surface area (Å²) < 4.78 is 5.93. The quantitative estimate of drug-likeness (QED) is 0.167. The van der Waals surface area contributed by atoms with Crippen molar-refractivity contribution in [1.82, 2.24) is 10.3 Å². The number of benzene rings is 1. The van der Waals surface area contributed by atoms with Crippen LogP contribution in [0.15, 0.2) is 29.3 Å². The average Bonchev–Trinajstić information content (AvgIpc) is 2.87. The molecule has 2 aromatic rings. The lowest BCUT2D eigenvalue weighted by Crippen LogP contribution is -2.32. The molecule has 1 aliphatic heterocycles. The second kappa shape index (κ2) is 13.8. The van der Waals surface area contributed by atoms with Gasteiger partial charge in [-0.25, -0.2) is 9.98 Å². The highest BCUT2D eigenvalue weighted by molar-refractivity contribution is 5.98. The molecule has 0 radical (unpaired) electrons. The van der Waals surface area contributed by atoms with Crippen molar-refractivity contribution in [3.8, 4) is 18.0 Å². The molecule has 2 heterocycles. The van der Waals surface area contributed by atoms with Crippen LogP contribution in [-0.2, 0) is 0 Å². The highest BCUT2D eigenvalue weighted by atomic mass is 16.5. The molecule has 1 aromatic carbocycles. The molecule has 9 heteroatoms. The summed E-state index contributed by atoms with van der Waals surface area (Å²) >= 11 is 0. The number of nitriles is 2. The van der Waals surface area contributed by atoms with Crippen LogP contribution in [0.2, 0.25) is 0 Å². The van der Waals surface area contributed by atoms with Crippen molar-refractivity contribution in [3.63, 3.8) is 0 Å². The predicted molar refractivity (Wildman–Crippen MR) is 143 cm³/mol. The van der Waals surface area contributed by atoms with E-state index in [4.69, 9.17) is 21.5 Å². The molecule has 0 amide bonds. The number of fused-ring (bicyclic) bond motifs is 1. The molecule has 190 valence electrons. The molecule has 1 atom stereocenters. The van der Waals surface area contributed by atoms with Gasteiger partial charge < -0.3 is 21.5 Å². The number of nitrogen functional groups attached to an aromatic ring is 2. The zero-order valence-corrected chi connectivity index (χ0v) is 21.0. The van der Waals surface area contributed by atoms with E-state index in [1.807, 2.05) is 36.5 Å². The molecule has 1 aromatic heterocycles. The molecule has 1 unspecified atom stereocenters. The minimum atomic E-state index is -0.562. The number of aliphatic imine (C=N–C) groups is 1. The average molecular weight is 489 g/mol. The van der Waals surface area contributed by atoms with Crippen LogP contribution >= 0.6 is 0 Å². The number of ether oxygens (including phenoxy) is 1. The maximum absolute atomic E-state index is 9.45. The molecule has 1 aliphatic rings. The van der Waals surface area contributed by atoms with Gasteiger partial charge in [0.25, 0.3) is 0 Å². The van der Waals surface area contributed by atoms with Crippen molar-refractivity contribution in [2.24, 2.45) is 4.99 Å². The van der Waals surface area contributed by atoms with Crippen LogP contribution in [0.5, 0.6) is 5.75 Å². The first kappa shape index (κ1) is 26.6. The van der Waals surface area contributed by atoms with Crippen molar-refractivity contribution < 1.29 is 4.74 Å². The van der Waals surface area contributed by atoms with E-state index in [2.05, 4.69) is 27.5 Å². The first-order valence-electron chi connectivity index (χ1n) is 12.8. The van der Waals surface area contributed by atoms with Crippen molar-refractivity contribution in [2.75, 3.05) is 23.4 Å². The zero-order chi connectivity index (χ0) is 25.8. The maximum atomic E-state index is 9.45. The van der Waals surface area contributed by atoms with Gasteiger partial charge in [-0.05, 0) is 24.1 Å². The van der Waals surface area contributed by atoms with Gasteiger partial charge in [-0.15, -0.1) is 0 Å². The van der Waals surface area contributed by atoms with Crippen LogP contribution in [0.1, 0.15) is 93.9 Å². The SMILES string of the molecule is CCCCCCCCCCCCOc1ccc(C2N=C(NC#N)Nc3nc(N)c(C#N)c(N)c32)cc1. The Hall–Kier alpha value is -3.98. The normalized spacial score (nSPS) is 14.1. The Balaban J connectivity index is 1.56. The number of nitrogens with two attached hydrogens (primary N) is 2. The van der Waals surface area contributed by atoms with E-state index in [1.54, 1.807) is 0 Å². The predicted octanol–water partition coefficient (Wildman–Crippen LogP) is 5.36. The number of hydrogen-bond donors (Lipinski definition) is 4. The second-order valence-electron chi connectivity index (χ2n) is 9.00. The summed E-state index contributed by atoms with van der Waals surface area (Å²) in [5, 5.41) is 23.9. The van der Waals surface area contributed by atoms with Crippen LogP contribution in [0, 0.1) is 22.8 Å². The number of aromatic nitrogens is 1. The minimum absolute atomic E-state index is 0.0222. The fraction of sp³-hybridized carbons (Fsp3) is 0.481. The summed E-state index contributed by atoms with van der Waals surface area (Å²) in [6.45, 7) is 2.93. The molecule has 0 saturated heterocycles. The number of anilines is 3. The summed E-state index contributed by atoms with van der Waals surface area (Å²) in [5.74, 6) is 1.40. The molecule has 0 saturated carbocycles. The fourth-order valence-electron chi connectivity index (χ4n) is 4.35. The summed E-state index contributed by atoms with van der Waals surface area (Å²) in [6, 6.07) is 9.05. The number of hydrogen-bond acceptors (Lipinski definition) is 9. The largest absolute Gasteiger partial charge is 0.494 e. The Kier molecular flexibility index (Phi) is 10.2. The van der Waals surface area contributed by atoms with Crippen molar-refractivity contribution in [2.45, 2.75) is 77.2 Å². The molecule has 0 spiro atoms. The zero-order valence-electron chi connectivity index (χ0n) is 21.0. The van der Waals surface area contributed by atoms with Crippen LogP contribution in [-0.4, -0.2) is 17.6 Å². The Morgan fingerprint density at radius 1 is 0.972 bits per heavy atom. The van der Waals surface area contributed by atoms with E-state index in [0.717, 1.165) is 17.7 Å². The number of unbranched alkanes of at least 4 members (excludes halogenated alkanes) is 9. The Labute approximate surface area is 213 Å². The van der Waals surface area contributed by atoms with E-state index < -0.39 is 6.04 Å². The summed E-state index contributed by atoms with van der Waals surface area (Å²) in [5.41, 5.74) is 13.9. The van der Waals surface area contributed by atoms with E-state index >= 15 is 0 Å². The van der Waals surface area contributed by atoms with Gasteiger partial charge in [0.05, 0.1) is 12.3 Å². The topological polar surface area (TPSA) is 158 Å². The van der Waals surface area contributed by atoms with Crippen LogP contribution < -0.4 is 26.8 Å². The van der Waals surface area contributed by atoms with Crippen LogP contribution in [0.3, 0.4) is 0 Å². The highest BCUT2D eigenvalue weighted by Crippen LogP contribution is 2.40. The molecular weight excluding hydrogens is 452 g/mol. The highest BCUT2D eigenvalue weighted by Gasteiger charge is 2.29. The molecule has 0 bridgehead atoms. The first-order chi connectivity index (χ1) is 17.6. The number of pyridine rings is 1. The smallest absolute Gasteiger partial charge is 0.211 e. The van der Waals surface area contributed by atoms with E-state index in [9.17, 15) is 5.26 Å². The Morgan fingerprint density at radius 2 is 1.61 bits per heavy atom. The summed E-state index contributed by atoms with van der Waals surface area (Å²) in [6.07, 6.45) is 14.7. The van der Waals surface area contributed by atoms with E-state index in [1.165, 1.54) is 57.8 Å². The third-order valence-electron chi connectivity index (χ3n) is 6.32. The lowest BCUT2D eigenvalue weighted by molar-refractivity contribution is 0.304. The first-order valence-corrected chi connectivity index (χ1v) is 12.8. The molecule has 0 aliphatic carbocycles. The maximum Gasteiger partial charge on any atom is 0.211 e. The molecule has 9 nitrogen and oxygen atoms in total. The number of guanidine groups is 1. The minimum Gasteiger partial charge on any atom is -0.494 e. The van der Waals surface area contributed by atoms with E-state index in [0.29, 0.717) is 18.0 Å². The van der Waals surface area contributed by atoms with Crippen molar-refractivity contribution in [1.29, 1.82) is 10.5 Å². The summed E-state index contributed by atoms with van der Waals surface area (Å²) in [4.78, 5) is 8.84. The second-order valence-corrected chi connectivity index (χ2v) is 9.00. The van der Waals surface area contributed by atoms with Crippen LogP contribution in [0.25, 0.3) is 0 Å². The van der Waals surface area contributed by atoms with Gasteiger partial charge in [0.1, 0.15) is 35.1 Å². The van der Waals surface area contributed by atoms with Gasteiger partial charge in [-0.3, -0.25) is 5.32 Å². The van der Waals surface area contributed by atoms with Crippen LogP contribution in [0.4, 0.5) is 17.3 Å². The standard InChI is InChI=1S/C27H36N8O/c1-2-3-4-5-6-7-8-9-10-11-16-36-20-14-12-19(13-15-20)24-22-23(30)21(17-28)25(31)34-26(22)35-27(33-24)32-18-29/h12-15,24H,2-11,16H2,1H3,(H6,30,31,32,33,34,35). The van der Waals surface area contributed by atoms with E-state index in [-0.39, 0.29) is 23.0 Å². The monoisotopic (exact) mass is 488 g/mol. The summed E-state index contributed by atoms with van der Waals surface area (Å²) in [7, 11) is 0. The Bertz CT molecular complexity index is 1110. The van der Waals surface area contributed by atoms with Crippen molar-refractivity contribution in [3.05, 3.63) is 41.0 Å². The lowest BCUT2D eigenvalue weighted by atomic mass is 9.95. The van der Waals surface area contributed by atoms with Gasteiger partial charge in [0.15, 0.2) is 6.19 Å². The van der Waals surface area contributed by atoms with Gasteiger partial charge in [-0.1, -0.05) is 76.8 Å². The van der Waals surface area contributed by atoms with Crippen molar-refractivity contribution >= 4 is 23.3 Å². The number of nitrogens with one attached hydrogen (secondary N) is 2.